The molecule has 0 aliphatic carbocycles. The molecule has 0 radical (unpaired) electrons. The van der Waals surface area contributed by atoms with Crippen LogP contribution in [0, 0.1) is 0 Å². The van der Waals surface area contributed by atoms with Crippen molar-refractivity contribution in [1.29, 1.82) is 0 Å². The number of ether oxygens (including phenoxy) is 1. The third kappa shape index (κ3) is 6.81. The van der Waals surface area contributed by atoms with Gasteiger partial charge in [0, 0.05) is 49.5 Å². The Morgan fingerprint density at radius 1 is 1.00 bits per heavy atom. The molecular weight excluding hydrogens is 408 g/mol. The second kappa shape index (κ2) is 11.9. The van der Waals surface area contributed by atoms with E-state index in [-0.39, 0.29) is 37.2 Å². The summed E-state index contributed by atoms with van der Waals surface area (Å²) in [5.74, 6) is -0.661. The number of anilines is 2. The quantitative estimate of drug-likeness (QED) is 0.626. The van der Waals surface area contributed by atoms with Crippen molar-refractivity contribution in [2.75, 3.05) is 56.2 Å². The van der Waals surface area contributed by atoms with Gasteiger partial charge in [0.15, 0.2) is 0 Å². The second-order valence-corrected chi connectivity index (χ2v) is 7.47. The summed E-state index contributed by atoms with van der Waals surface area (Å²) >= 11 is 0. The molecule has 1 aliphatic heterocycles. The molecule has 1 fully saturated rings. The maximum atomic E-state index is 12.5. The average molecular weight is 439 g/mol. The fourth-order valence-corrected chi connectivity index (χ4v) is 3.46. The zero-order chi connectivity index (χ0) is 22.8. The summed E-state index contributed by atoms with van der Waals surface area (Å²) in [6.45, 7) is 5.56. The summed E-state index contributed by atoms with van der Waals surface area (Å²) in [6, 6.07) is 16.5. The van der Waals surface area contributed by atoms with Gasteiger partial charge >= 0.3 is 0 Å². The van der Waals surface area contributed by atoms with E-state index in [0.29, 0.717) is 17.8 Å². The average Bonchev–Trinajstić information content (AvgIpc) is 2.84. The predicted molar refractivity (Wildman–Crippen MR) is 124 cm³/mol. The van der Waals surface area contributed by atoms with E-state index in [0.717, 1.165) is 32.0 Å². The van der Waals surface area contributed by atoms with E-state index in [1.807, 2.05) is 37.3 Å². The molecule has 0 saturated carbocycles. The number of morpholine rings is 1. The first kappa shape index (κ1) is 23.3. The zero-order valence-electron chi connectivity index (χ0n) is 18.4. The molecule has 0 atom stereocenters. The molecule has 0 bridgehead atoms. The van der Waals surface area contributed by atoms with E-state index >= 15 is 0 Å². The summed E-state index contributed by atoms with van der Waals surface area (Å²) in [5.41, 5.74) is 2.33. The fraction of sp³-hybridized carbons (Fsp3) is 0.375. The topological polar surface area (TPSA) is 91.0 Å². The van der Waals surface area contributed by atoms with Gasteiger partial charge < -0.3 is 25.2 Å². The van der Waals surface area contributed by atoms with Crippen LogP contribution in [0.3, 0.4) is 0 Å². The van der Waals surface area contributed by atoms with Crippen molar-refractivity contribution in [3.63, 3.8) is 0 Å². The molecular formula is C24H30N4O4. The summed E-state index contributed by atoms with van der Waals surface area (Å²) in [6.07, 6.45) is 0.133. The summed E-state index contributed by atoms with van der Waals surface area (Å²) < 4.78 is 5.37. The van der Waals surface area contributed by atoms with Crippen molar-refractivity contribution in [2.45, 2.75) is 13.3 Å². The minimum atomic E-state index is -0.257. The molecule has 0 spiro atoms. The molecule has 0 aromatic heterocycles. The summed E-state index contributed by atoms with van der Waals surface area (Å²) in [7, 11) is 0. The van der Waals surface area contributed by atoms with Crippen molar-refractivity contribution in [3.05, 3.63) is 60.2 Å². The SMILES string of the molecule is CCN(CC(=O)Nc1ccc(N2CCOCC2)cc1)C(=O)CCNC(=O)c1ccccc1. The number of likely N-dealkylation sites (N-methyl/N-ethyl adjacent to an activating group) is 1. The molecule has 8 heteroatoms. The number of carbonyl (C=O) groups excluding carboxylic acids is 3. The van der Waals surface area contributed by atoms with Gasteiger partial charge in [-0.05, 0) is 43.3 Å². The van der Waals surface area contributed by atoms with Gasteiger partial charge in [0.05, 0.1) is 19.8 Å². The molecule has 1 heterocycles. The van der Waals surface area contributed by atoms with Gasteiger partial charge in [0.2, 0.25) is 11.8 Å². The summed E-state index contributed by atoms with van der Waals surface area (Å²) in [5, 5.41) is 5.58. The van der Waals surface area contributed by atoms with Crippen LogP contribution in [0.2, 0.25) is 0 Å². The number of hydrogen-bond donors (Lipinski definition) is 2. The first-order valence-electron chi connectivity index (χ1n) is 10.9. The number of hydrogen-bond acceptors (Lipinski definition) is 5. The van der Waals surface area contributed by atoms with Crippen molar-refractivity contribution >= 4 is 29.1 Å². The smallest absolute Gasteiger partial charge is 0.251 e. The van der Waals surface area contributed by atoms with E-state index in [1.54, 1.807) is 24.3 Å². The first-order valence-corrected chi connectivity index (χ1v) is 10.9. The Kier molecular flexibility index (Phi) is 8.62. The number of benzene rings is 2. The number of nitrogens with one attached hydrogen (secondary N) is 2. The number of rotatable bonds is 9. The van der Waals surface area contributed by atoms with Crippen LogP contribution in [-0.2, 0) is 14.3 Å². The van der Waals surface area contributed by atoms with E-state index in [4.69, 9.17) is 4.74 Å². The van der Waals surface area contributed by atoms with Crippen LogP contribution in [0.1, 0.15) is 23.7 Å². The standard InChI is InChI=1S/C24H30N4O4/c1-2-27(23(30)12-13-25-24(31)19-6-4-3-5-7-19)18-22(29)26-20-8-10-21(11-9-20)28-14-16-32-17-15-28/h3-11H,2,12-18H2,1H3,(H,25,31)(H,26,29). The Morgan fingerprint density at radius 2 is 1.69 bits per heavy atom. The molecule has 3 amide bonds. The highest BCUT2D eigenvalue weighted by molar-refractivity contribution is 5.95. The highest BCUT2D eigenvalue weighted by atomic mass is 16.5. The van der Waals surface area contributed by atoms with E-state index in [9.17, 15) is 14.4 Å². The molecule has 1 aliphatic rings. The Morgan fingerprint density at radius 3 is 2.34 bits per heavy atom. The van der Waals surface area contributed by atoms with Crippen molar-refractivity contribution in [3.8, 4) is 0 Å². The Hall–Kier alpha value is -3.39. The third-order valence-electron chi connectivity index (χ3n) is 5.26. The van der Waals surface area contributed by atoms with Crippen molar-refractivity contribution in [2.24, 2.45) is 0 Å². The number of amides is 3. The fourth-order valence-electron chi connectivity index (χ4n) is 3.46. The largest absolute Gasteiger partial charge is 0.378 e. The van der Waals surface area contributed by atoms with Gasteiger partial charge in [-0.2, -0.15) is 0 Å². The van der Waals surface area contributed by atoms with E-state index in [1.165, 1.54) is 4.90 Å². The molecule has 1 saturated heterocycles. The van der Waals surface area contributed by atoms with E-state index < -0.39 is 0 Å². The number of nitrogens with zero attached hydrogens (tertiary/aromatic N) is 2. The van der Waals surface area contributed by atoms with Crippen LogP contribution in [-0.4, -0.2) is 68.6 Å². The van der Waals surface area contributed by atoms with Crippen LogP contribution in [0.5, 0.6) is 0 Å². The normalized spacial score (nSPS) is 13.3. The molecule has 2 aromatic rings. The Labute approximate surface area is 188 Å². The van der Waals surface area contributed by atoms with Gasteiger partial charge in [-0.1, -0.05) is 18.2 Å². The second-order valence-electron chi connectivity index (χ2n) is 7.47. The zero-order valence-corrected chi connectivity index (χ0v) is 18.4. The molecule has 2 N–H and O–H groups in total. The van der Waals surface area contributed by atoms with Gasteiger partial charge in [0.25, 0.3) is 5.91 Å². The van der Waals surface area contributed by atoms with Crippen LogP contribution in [0.15, 0.2) is 54.6 Å². The highest BCUT2D eigenvalue weighted by Crippen LogP contribution is 2.19. The Bertz CT molecular complexity index is 896. The van der Waals surface area contributed by atoms with E-state index in [2.05, 4.69) is 15.5 Å². The predicted octanol–water partition coefficient (Wildman–Crippen LogP) is 2.13. The lowest BCUT2D eigenvalue weighted by molar-refractivity contribution is -0.134. The van der Waals surface area contributed by atoms with Crippen LogP contribution >= 0.6 is 0 Å². The minimum absolute atomic E-state index is 0.0345. The molecule has 2 aromatic carbocycles. The van der Waals surface area contributed by atoms with Gasteiger partial charge in [-0.15, -0.1) is 0 Å². The monoisotopic (exact) mass is 438 g/mol. The van der Waals surface area contributed by atoms with Crippen molar-refractivity contribution < 1.29 is 19.1 Å². The maximum absolute atomic E-state index is 12.5. The van der Waals surface area contributed by atoms with Crippen molar-refractivity contribution in [1.82, 2.24) is 10.2 Å². The van der Waals surface area contributed by atoms with Gasteiger partial charge in [-0.3, -0.25) is 14.4 Å². The van der Waals surface area contributed by atoms with Crippen LogP contribution in [0.25, 0.3) is 0 Å². The Balaban J connectivity index is 1.43. The molecule has 0 unspecified atom stereocenters. The molecule has 170 valence electrons. The van der Waals surface area contributed by atoms with Gasteiger partial charge in [0.1, 0.15) is 0 Å². The number of carbonyl (C=O) groups is 3. The molecule has 32 heavy (non-hydrogen) atoms. The van der Waals surface area contributed by atoms with Gasteiger partial charge in [-0.25, -0.2) is 0 Å². The minimum Gasteiger partial charge on any atom is -0.378 e. The lowest BCUT2D eigenvalue weighted by Gasteiger charge is -2.29. The maximum Gasteiger partial charge on any atom is 0.251 e. The van der Waals surface area contributed by atoms with Crippen LogP contribution in [0.4, 0.5) is 11.4 Å². The highest BCUT2D eigenvalue weighted by Gasteiger charge is 2.16. The third-order valence-corrected chi connectivity index (χ3v) is 5.26. The summed E-state index contributed by atoms with van der Waals surface area (Å²) in [4.78, 5) is 40.7. The lowest BCUT2D eigenvalue weighted by Crippen LogP contribution is -2.39. The molecule has 3 rings (SSSR count). The molecule has 8 nitrogen and oxygen atoms in total. The first-order chi connectivity index (χ1) is 15.6. The van der Waals surface area contributed by atoms with Crippen LogP contribution < -0.4 is 15.5 Å². The lowest BCUT2D eigenvalue weighted by atomic mass is 10.2.